The summed E-state index contributed by atoms with van der Waals surface area (Å²) in [7, 11) is 1.86. The van der Waals surface area contributed by atoms with Gasteiger partial charge in [-0.3, -0.25) is 29.2 Å². The second-order valence-electron chi connectivity index (χ2n) is 11.5. The van der Waals surface area contributed by atoms with Crippen LogP contribution in [0.1, 0.15) is 51.3 Å². The molecule has 0 radical (unpaired) electrons. The number of anilines is 1. The molecule has 0 bridgehead atoms. The van der Waals surface area contributed by atoms with Crippen molar-refractivity contribution in [3.05, 3.63) is 70.9 Å². The van der Waals surface area contributed by atoms with E-state index in [1.807, 2.05) is 50.5 Å². The third-order valence-corrected chi connectivity index (χ3v) is 7.44. The molecule has 1 aliphatic rings. The Kier molecular flexibility index (Phi) is 9.34. The molecule has 1 aromatic heterocycles. The van der Waals surface area contributed by atoms with E-state index in [0.717, 1.165) is 11.3 Å². The van der Waals surface area contributed by atoms with Crippen LogP contribution >= 0.6 is 11.6 Å². The number of aryl methyl sites for hydroxylation is 1. The minimum Gasteiger partial charge on any atom is -0.465 e. The Morgan fingerprint density at radius 2 is 1.93 bits per heavy atom. The summed E-state index contributed by atoms with van der Waals surface area (Å²) in [6.07, 6.45) is 3.58. The molecule has 0 spiro atoms. The van der Waals surface area contributed by atoms with Crippen LogP contribution in [0, 0.1) is 5.41 Å². The van der Waals surface area contributed by atoms with Gasteiger partial charge in [-0.2, -0.15) is 10.2 Å². The number of hydrogen-bond donors (Lipinski definition) is 1. The van der Waals surface area contributed by atoms with Crippen LogP contribution in [0.4, 0.5) is 5.69 Å². The summed E-state index contributed by atoms with van der Waals surface area (Å²) in [5.41, 5.74) is 8.62. The summed E-state index contributed by atoms with van der Waals surface area (Å²) in [6, 6.07) is 14.1. The fourth-order valence-electron chi connectivity index (χ4n) is 5.36. The van der Waals surface area contributed by atoms with Crippen molar-refractivity contribution in [2.45, 2.75) is 45.7 Å². The number of aromatic nitrogens is 2. The molecule has 0 aliphatic carbocycles. The van der Waals surface area contributed by atoms with E-state index < -0.39 is 11.6 Å². The second kappa shape index (κ2) is 12.8. The molecule has 43 heavy (non-hydrogen) atoms. The first-order valence-corrected chi connectivity index (χ1v) is 14.2. The number of benzene rings is 2. The molecule has 2 aromatic carbocycles. The number of carbonyl (C=O) groups is 2. The van der Waals surface area contributed by atoms with Crippen LogP contribution in [0.2, 0.25) is 5.02 Å². The van der Waals surface area contributed by atoms with Gasteiger partial charge in [0.1, 0.15) is 12.9 Å². The number of hydrogen-bond acceptors (Lipinski definition) is 8. The highest BCUT2D eigenvalue weighted by atomic mass is 35.5. The Bertz CT molecular complexity index is 1540. The highest BCUT2D eigenvalue weighted by Gasteiger charge is 2.53. The predicted molar refractivity (Wildman–Crippen MR) is 170 cm³/mol. The Morgan fingerprint density at radius 1 is 1.21 bits per heavy atom. The molecule has 1 unspecified atom stereocenters. The van der Waals surface area contributed by atoms with Crippen LogP contribution in [-0.2, 0) is 26.9 Å². The summed E-state index contributed by atoms with van der Waals surface area (Å²) in [5, 5.41) is 10.9. The number of carbonyl (C=O) groups excluding carboxylic acids is 2. The van der Waals surface area contributed by atoms with Crippen LogP contribution in [0.25, 0.3) is 11.3 Å². The van der Waals surface area contributed by atoms with Gasteiger partial charge in [-0.25, -0.2) is 4.99 Å². The number of guanidine groups is 1. The molecule has 2 N–H and O–H groups in total. The lowest BCUT2D eigenvalue weighted by molar-refractivity contribution is -0.138. The lowest BCUT2D eigenvalue weighted by Gasteiger charge is -2.35. The smallest absolute Gasteiger partial charge is 0.293 e. The second-order valence-corrected chi connectivity index (χ2v) is 11.9. The summed E-state index contributed by atoms with van der Waals surface area (Å²) in [5.74, 6) is -0.289. The van der Waals surface area contributed by atoms with E-state index in [1.165, 1.54) is 11.2 Å². The van der Waals surface area contributed by atoms with Crippen LogP contribution in [0.3, 0.4) is 0 Å². The quantitative estimate of drug-likeness (QED) is 0.135. The molecule has 3 aromatic rings. The SMILES string of the molecule is C=N/C=N\N(CC)c1cc(C(COC=O)N2C(=O)[C@@](CC(C)(C)C)(c3ccc(-c4ccn(C)n4)cc3)N=C2N)ccc1Cl. The van der Waals surface area contributed by atoms with Gasteiger partial charge in [-0.15, -0.1) is 0 Å². The number of ether oxygens (including phenoxy) is 1. The molecule has 0 saturated heterocycles. The zero-order valence-electron chi connectivity index (χ0n) is 25.1. The predicted octanol–water partition coefficient (Wildman–Crippen LogP) is 4.91. The van der Waals surface area contributed by atoms with Crippen molar-refractivity contribution in [2.75, 3.05) is 18.2 Å². The zero-order valence-corrected chi connectivity index (χ0v) is 25.8. The van der Waals surface area contributed by atoms with Crippen molar-refractivity contribution in [1.29, 1.82) is 0 Å². The molecular formula is C31H37ClN8O3. The van der Waals surface area contributed by atoms with E-state index in [1.54, 1.807) is 27.9 Å². The average molecular weight is 605 g/mol. The maximum Gasteiger partial charge on any atom is 0.293 e. The first-order valence-electron chi connectivity index (χ1n) is 13.8. The van der Waals surface area contributed by atoms with Gasteiger partial charge < -0.3 is 10.5 Å². The maximum atomic E-state index is 14.6. The number of amides is 1. The van der Waals surface area contributed by atoms with E-state index in [-0.39, 0.29) is 23.9 Å². The van der Waals surface area contributed by atoms with Gasteiger partial charge in [0.2, 0.25) is 0 Å². The summed E-state index contributed by atoms with van der Waals surface area (Å²) >= 11 is 6.55. The monoisotopic (exact) mass is 604 g/mol. The highest BCUT2D eigenvalue weighted by molar-refractivity contribution is 6.33. The van der Waals surface area contributed by atoms with Crippen molar-refractivity contribution in [3.63, 3.8) is 0 Å². The van der Waals surface area contributed by atoms with Gasteiger partial charge >= 0.3 is 0 Å². The topological polar surface area (TPSA) is 131 Å². The lowest BCUT2D eigenvalue weighted by atomic mass is 9.75. The Hall–Kier alpha value is -4.51. The van der Waals surface area contributed by atoms with Gasteiger partial charge in [0, 0.05) is 25.4 Å². The molecule has 2 atom stereocenters. The fourth-order valence-corrected chi connectivity index (χ4v) is 5.57. The van der Waals surface area contributed by atoms with Gasteiger partial charge in [0.15, 0.2) is 11.5 Å². The number of nitrogens with zero attached hydrogens (tertiary/aromatic N) is 7. The van der Waals surface area contributed by atoms with E-state index >= 15 is 0 Å². The number of halogens is 1. The van der Waals surface area contributed by atoms with E-state index in [4.69, 9.17) is 27.1 Å². The number of hydrazone groups is 1. The van der Waals surface area contributed by atoms with E-state index in [9.17, 15) is 9.59 Å². The zero-order chi connectivity index (χ0) is 31.4. The fraction of sp³-hybridized carbons (Fsp3) is 0.355. The van der Waals surface area contributed by atoms with Crippen LogP contribution < -0.4 is 10.7 Å². The number of aliphatic imine (C=N–C) groups is 2. The van der Waals surface area contributed by atoms with Crippen molar-refractivity contribution < 1.29 is 14.3 Å². The lowest BCUT2D eigenvalue weighted by Crippen LogP contribution is -2.47. The Labute approximate surface area is 256 Å². The first kappa shape index (κ1) is 31.4. The van der Waals surface area contributed by atoms with Crippen molar-refractivity contribution in [2.24, 2.45) is 33.3 Å². The number of rotatable bonds is 12. The Morgan fingerprint density at radius 3 is 2.51 bits per heavy atom. The average Bonchev–Trinajstić information content (AvgIpc) is 3.50. The molecule has 0 fully saturated rings. The molecule has 12 heteroatoms. The van der Waals surface area contributed by atoms with Crippen molar-refractivity contribution in [3.8, 4) is 11.3 Å². The van der Waals surface area contributed by atoms with Crippen LogP contribution in [0.5, 0.6) is 0 Å². The molecule has 226 valence electrons. The first-order chi connectivity index (χ1) is 20.4. The minimum atomic E-state index is -1.30. The normalized spacial score (nSPS) is 17.7. The van der Waals surface area contributed by atoms with Crippen LogP contribution in [-0.4, -0.2) is 59.2 Å². The third-order valence-electron chi connectivity index (χ3n) is 7.12. The molecule has 11 nitrogen and oxygen atoms in total. The minimum absolute atomic E-state index is 0.0280. The Balaban J connectivity index is 1.80. The van der Waals surface area contributed by atoms with Gasteiger partial charge in [-0.05, 0) is 54.8 Å². The van der Waals surface area contributed by atoms with Crippen LogP contribution in [0.15, 0.2) is 69.8 Å². The summed E-state index contributed by atoms with van der Waals surface area (Å²) in [4.78, 5) is 35.9. The standard InChI is InChI=1S/C31H37ClN8O3/c1-7-39(35-19-34-5)26-16-22(10-13-24(26)32)27(17-43-20-41)40-28(42)31(36-29(40)33,18-30(2,3)4)23-11-8-21(9-12-23)25-14-15-38(6)37-25/h8-16,19-20,27H,5,7,17-18H2,1-4,6H3,(H2,33,36)/b35-19-/t27?,31-/m1/s1. The number of nitrogens with two attached hydrogens (primary N) is 1. The molecule has 2 heterocycles. The van der Waals surface area contributed by atoms with Crippen molar-refractivity contribution >= 4 is 48.7 Å². The summed E-state index contributed by atoms with van der Waals surface area (Å²) < 4.78 is 6.97. The van der Waals surface area contributed by atoms with Crippen molar-refractivity contribution in [1.82, 2.24) is 14.7 Å². The maximum absolute atomic E-state index is 14.6. The molecule has 1 amide bonds. The molecule has 1 aliphatic heterocycles. The molecule has 0 saturated carbocycles. The van der Waals surface area contributed by atoms with Gasteiger partial charge in [0.05, 0.1) is 22.4 Å². The van der Waals surface area contributed by atoms with Gasteiger partial charge in [-0.1, -0.05) is 62.7 Å². The van der Waals surface area contributed by atoms with Gasteiger partial charge in [0.25, 0.3) is 12.4 Å². The third kappa shape index (κ3) is 6.61. The largest absolute Gasteiger partial charge is 0.465 e. The van der Waals surface area contributed by atoms with E-state index in [0.29, 0.717) is 41.3 Å². The highest BCUT2D eigenvalue weighted by Crippen LogP contribution is 2.45. The summed E-state index contributed by atoms with van der Waals surface area (Å²) in [6.45, 7) is 12.2. The molecule has 4 rings (SSSR count). The van der Waals surface area contributed by atoms with E-state index in [2.05, 4.69) is 42.7 Å². The molecular weight excluding hydrogens is 568 g/mol.